The van der Waals surface area contributed by atoms with Crippen LogP contribution in [0.5, 0.6) is 0 Å². The van der Waals surface area contributed by atoms with E-state index in [1.165, 1.54) is 0 Å². The maximum absolute atomic E-state index is 14.0. The quantitative estimate of drug-likeness (QED) is 0.472. The van der Waals surface area contributed by atoms with Crippen molar-refractivity contribution in [2.45, 2.75) is 105 Å². The lowest BCUT2D eigenvalue weighted by atomic mass is 9.39. The van der Waals surface area contributed by atoms with E-state index < -0.39 is 5.41 Å². The van der Waals surface area contributed by atoms with Crippen molar-refractivity contribution in [3.8, 4) is 6.07 Å². The van der Waals surface area contributed by atoms with Gasteiger partial charge in [0.2, 0.25) is 6.41 Å². The Balaban J connectivity index is 1.87. The number of nitriles is 1. The van der Waals surface area contributed by atoms with Crippen molar-refractivity contribution in [1.82, 2.24) is 5.32 Å². The van der Waals surface area contributed by atoms with Crippen LogP contribution in [0.4, 0.5) is 0 Å². The van der Waals surface area contributed by atoms with Crippen molar-refractivity contribution in [1.29, 1.82) is 5.26 Å². The molecule has 0 aromatic rings. The Morgan fingerprint density at radius 1 is 0.972 bits per heavy atom. The van der Waals surface area contributed by atoms with Crippen LogP contribution in [-0.4, -0.2) is 23.5 Å². The number of nitrogens with zero attached hydrogens (tertiary/aromatic N) is 1. The van der Waals surface area contributed by atoms with Crippen LogP contribution < -0.4 is 5.32 Å². The summed E-state index contributed by atoms with van der Waals surface area (Å²) in [5.41, 5.74) is 0.110. The average Bonchev–Trinajstić information content (AvgIpc) is 2.80. The van der Waals surface area contributed by atoms with Crippen molar-refractivity contribution >= 4 is 18.0 Å². The van der Waals surface area contributed by atoms with Crippen LogP contribution in [0.2, 0.25) is 0 Å². The van der Waals surface area contributed by atoms with Crippen LogP contribution in [0.3, 0.4) is 0 Å². The molecule has 0 saturated heterocycles. The molecule has 4 aliphatic rings. The van der Waals surface area contributed by atoms with Crippen LogP contribution in [0.15, 0.2) is 23.3 Å². The molecule has 36 heavy (non-hydrogen) atoms. The highest BCUT2D eigenvalue weighted by atomic mass is 16.1. The predicted molar refractivity (Wildman–Crippen MR) is 141 cm³/mol. The molecule has 0 bridgehead atoms. The lowest BCUT2D eigenvalue weighted by molar-refractivity contribution is -0.135. The van der Waals surface area contributed by atoms with Crippen LogP contribution >= 0.6 is 0 Å². The Labute approximate surface area is 217 Å². The van der Waals surface area contributed by atoms with E-state index in [2.05, 4.69) is 52.9 Å². The molecule has 0 spiro atoms. The normalized spacial score (nSPS) is 44.6. The average molecular weight is 493 g/mol. The first-order valence-electron chi connectivity index (χ1n) is 13.8. The minimum Gasteiger partial charge on any atom is -0.354 e. The van der Waals surface area contributed by atoms with E-state index in [0.717, 1.165) is 63.3 Å². The zero-order valence-corrected chi connectivity index (χ0v) is 23.3. The van der Waals surface area contributed by atoms with Crippen molar-refractivity contribution in [2.75, 3.05) is 0 Å². The summed E-state index contributed by atoms with van der Waals surface area (Å²) in [4.78, 5) is 38.5. The summed E-state index contributed by atoms with van der Waals surface area (Å²) in [6, 6.07) is 2.15. The molecule has 2 saturated carbocycles. The SMILES string of the molecule is C[C@@H]1C(=O)C(C#N)=C[C@]2(C)C3=CC(=O)C4CCC(C)(C)CC[C@](C)(NC=O)CC[C@@]4(C)[C@]3(C)CC[C@@H]12. The minimum atomic E-state index is -0.492. The summed E-state index contributed by atoms with van der Waals surface area (Å²) in [5, 5.41) is 12.9. The molecule has 4 aliphatic carbocycles. The predicted octanol–water partition coefficient (Wildman–Crippen LogP) is 6.09. The molecule has 1 unspecified atom stereocenters. The molecule has 0 heterocycles. The van der Waals surface area contributed by atoms with E-state index in [-0.39, 0.29) is 56.7 Å². The van der Waals surface area contributed by atoms with E-state index in [1.807, 2.05) is 19.1 Å². The second-order valence-corrected chi connectivity index (χ2v) is 14.0. The first-order chi connectivity index (χ1) is 16.7. The number of Topliss-reactive ketones (excluding diaryl/α,β-unsaturated/α-hetero) is 1. The summed E-state index contributed by atoms with van der Waals surface area (Å²) in [7, 11) is 0. The molecular weight excluding hydrogens is 448 g/mol. The zero-order valence-electron chi connectivity index (χ0n) is 23.3. The smallest absolute Gasteiger partial charge is 0.207 e. The van der Waals surface area contributed by atoms with Crippen molar-refractivity contribution in [3.63, 3.8) is 0 Å². The van der Waals surface area contributed by atoms with Gasteiger partial charge in [0.05, 0.1) is 5.57 Å². The number of carbonyl (C=O) groups is 3. The monoisotopic (exact) mass is 492 g/mol. The van der Waals surface area contributed by atoms with Gasteiger partial charge in [-0.15, -0.1) is 0 Å². The van der Waals surface area contributed by atoms with Gasteiger partial charge in [0.1, 0.15) is 6.07 Å². The van der Waals surface area contributed by atoms with E-state index in [9.17, 15) is 19.6 Å². The maximum Gasteiger partial charge on any atom is 0.207 e. The third kappa shape index (κ3) is 3.91. The van der Waals surface area contributed by atoms with E-state index >= 15 is 0 Å². The summed E-state index contributed by atoms with van der Waals surface area (Å²) in [6.45, 7) is 15.5. The third-order valence-corrected chi connectivity index (χ3v) is 11.5. The van der Waals surface area contributed by atoms with Gasteiger partial charge in [0, 0.05) is 22.8 Å². The number of hydrogen-bond donors (Lipinski definition) is 1. The Morgan fingerprint density at radius 3 is 2.28 bits per heavy atom. The second-order valence-electron chi connectivity index (χ2n) is 14.0. The molecule has 5 nitrogen and oxygen atoms in total. The van der Waals surface area contributed by atoms with Gasteiger partial charge in [0.25, 0.3) is 0 Å². The van der Waals surface area contributed by atoms with Crippen LogP contribution in [0, 0.1) is 50.7 Å². The Kier molecular flexibility index (Phi) is 6.47. The van der Waals surface area contributed by atoms with Gasteiger partial charge in [-0.3, -0.25) is 14.4 Å². The number of rotatable bonds is 2. The molecule has 7 atom stereocenters. The summed E-state index contributed by atoms with van der Waals surface area (Å²) < 4.78 is 0. The van der Waals surface area contributed by atoms with E-state index in [1.54, 1.807) is 0 Å². The number of carbonyl (C=O) groups excluding carboxylic acids is 3. The number of hydrogen-bond acceptors (Lipinski definition) is 4. The topological polar surface area (TPSA) is 87.0 Å². The zero-order chi connectivity index (χ0) is 26.7. The number of amides is 1. The largest absolute Gasteiger partial charge is 0.354 e. The number of ketones is 2. The third-order valence-electron chi connectivity index (χ3n) is 11.5. The fourth-order valence-corrected chi connectivity index (χ4v) is 8.50. The molecule has 1 N–H and O–H groups in total. The lowest BCUT2D eigenvalue weighted by Gasteiger charge is -2.63. The molecule has 0 aliphatic heterocycles. The van der Waals surface area contributed by atoms with Crippen molar-refractivity contribution < 1.29 is 14.4 Å². The fraction of sp³-hybridized carbons (Fsp3) is 0.742. The summed E-state index contributed by atoms with van der Waals surface area (Å²) >= 11 is 0. The van der Waals surface area contributed by atoms with Gasteiger partial charge in [-0.2, -0.15) is 5.26 Å². The molecule has 2 fully saturated rings. The van der Waals surface area contributed by atoms with Gasteiger partial charge < -0.3 is 5.32 Å². The van der Waals surface area contributed by atoms with Gasteiger partial charge in [-0.25, -0.2) is 0 Å². The molecule has 0 aromatic heterocycles. The maximum atomic E-state index is 14.0. The number of nitrogens with one attached hydrogen (secondary N) is 1. The summed E-state index contributed by atoms with van der Waals surface area (Å²) in [5.74, 6) is -0.0800. The fourth-order valence-electron chi connectivity index (χ4n) is 8.50. The molecule has 4 rings (SSSR count). The molecule has 0 radical (unpaired) electrons. The molecule has 0 aromatic carbocycles. The standard InChI is InChI=1S/C31H44N2O3/c1-20-22-9-11-31(7)25(29(22,5)17-21(18-32)26(20)36)16-24(35)23-8-10-27(2,3)12-13-28(4,33-19-34)14-15-30(23,31)6/h16-17,19-20,22-23H,8-15H2,1-7H3,(H,33,34)/t20-,22-,23?,28-,29-,30+,31+/m0/s1. The Morgan fingerprint density at radius 2 is 1.64 bits per heavy atom. The van der Waals surface area contributed by atoms with E-state index in [4.69, 9.17) is 0 Å². The van der Waals surface area contributed by atoms with Gasteiger partial charge in [-0.05, 0) is 86.5 Å². The molecule has 1 amide bonds. The highest BCUT2D eigenvalue weighted by Gasteiger charge is 2.63. The second kappa shape index (κ2) is 8.67. The van der Waals surface area contributed by atoms with Crippen LogP contribution in [0.25, 0.3) is 0 Å². The van der Waals surface area contributed by atoms with Crippen LogP contribution in [0.1, 0.15) is 99.8 Å². The minimum absolute atomic E-state index is 0.0629. The molecule has 5 heteroatoms. The molecular formula is C31H44N2O3. The van der Waals surface area contributed by atoms with Crippen molar-refractivity contribution in [3.05, 3.63) is 23.3 Å². The number of fused-ring (bicyclic) bond motifs is 5. The number of allylic oxidation sites excluding steroid dienone is 4. The molecule has 196 valence electrons. The first kappa shape index (κ1) is 26.8. The first-order valence-corrected chi connectivity index (χ1v) is 13.8. The van der Waals surface area contributed by atoms with Gasteiger partial charge >= 0.3 is 0 Å². The highest BCUT2D eigenvalue weighted by molar-refractivity contribution is 6.02. The summed E-state index contributed by atoms with van der Waals surface area (Å²) in [6.07, 6.45) is 11.9. The van der Waals surface area contributed by atoms with E-state index in [0.29, 0.717) is 0 Å². The Hall–Kier alpha value is -2.22. The Bertz CT molecular complexity index is 1080. The highest BCUT2D eigenvalue weighted by Crippen LogP contribution is 2.69. The van der Waals surface area contributed by atoms with Gasteiger partial charge in [-0.1, -0.05) is 53.2 Å². The van der Waals surface area contributed by atoms with Gasteiger partial charge in [0.15, 0.2) is 11.6 Å². The van der Waals surface area contributed by atoms with Crippen molar-refractivity contribution in [2.24, 2.45) is 39.4 Å². The van der Waals surface area contributed by atoms with Crippen LogP contribution in [-0.2, 0) is 14.4 Å². The lowest BCUT2D eigenvalue weighted by Crippen LogP contribution is -2.59.